The van der Waals surface area contributed by atoms with Gasteiger partial charge < -0.3 is 61.5 Å². The molecule has 3 unspecified atom stereocenters. The monoisotopic (exact) mass is 788 g/mol. The van der Waals surface area contributed by atoms with Crippen LogP contribution in [0.25, 0.3) is 0 Å². The minimum absolute atomic E-state index is 0.0635. The van der Waals surface area contributed by atoms with E-state index in [1.165, 1.54) is 6.92 Å². The maximum atomic E-state index is 10.8. The van der Waals surface area contributed by atoms with Gasteiger partial charge in [0, 0.05) is 13.1 Å². The van der Waals surface area contributed by atoms with E-state index in [1.54, 1.807) is 0 Å². The standard InChI is InChI=1S/C11H17NO8.C10H16N2O8.C7H11NO6/c13-8(14)4-6(10(17)18)2-1-3-12-7(11(19)20)5-9(15)16;13-7(14)3-11(4-8(15)16)1-2-12(5-9(17)18)6-10(19)20;1-4(7(13)14)8(2-5(9)10)3-6(11)12/h6-7,12H,1-5H2,(H,13,14)(H,15,16)(H,17,18)(H,19,20);1-6H2,(H,13,14)(H,15,16)(H,17,18)(H,19,20);4H,2-3H2,1H3,(H,9,10)(H,11,12)(H,13,14). The van der Waals surface area contributed by atoms with Gasteiger partial charge in [-0.3, -0.25) is 67.4 Å². The Morgan fingerprint density at radius 1 is 0.463 bits per heavy atom. The Bertz CT molecular complexity index is 1200. The Labute approximate surface area is 304 Å². The summed E-state index contributed by atoms with van der Waals surface area (Å²) in [6, 6.07) is -2.39. The highest BCUT2D eigenvalue weighted by Gasteiger charge is 2.25. The molecule has 0 aromatic heterocycles. The van der Waals surface area contributed by atoms with E-state index in [4.69, 9.17) is 56.2 Å². The molecule has 0 bridgehead atoms. The van der Waals surface area contributed by atoms with E-state index in [0.29, 0.717) is 0 Å². The summed E-state index contributed by atoms with van der Waals surface area (Å²) < 4.78 is 0. The first-order valence-corrected chi connectivity index (χ1v) is 15.1. The van der Waals surface area contributed by atoms with Gasteiger partial charge in [-0.25, -0.2) is 0 Å². The number of aliphatic carboxylic acids is 11. The molecular formula is C28H44N4O22. The van der Waals surface area contributed by atoms with Gasteiger partial charge in [-0.1, -0.05) is 0 Å². The fourth-order valence-electron chi connectivity index (χ4n) is 3.88. The molecule has 0 heterocycles. The van der Waals surface area contributed by atoms with Crippen molar-refractivity contribution in [2.45, 2.75) is 44.7 Å². The van der Waals surface area contributed by atoms with Gasteiger partial charge in [0.15, 0.2) is 0 Å². The molecule has 308 valence electrons. The third-order valence-electron chi connectivity index (χ3n) is 6.32. The minimum atomic E-state index is -1.31. The molecule has 0 aliphatic heterocycles. The lowest BCUT2D eigenvalue weighted by Gasteiger charge is -2.23. The fraction of sp³-hybridized carbons (Fsp3) is 0.607. The van der Waals surface area contributed by atoms with Crippen LogP contribution in [0.4, 0.5) is 0 Å². The first-order chi connectivity index (χ1) is 24.8. The summed E-state index contributed by atoms with van der Waals surface area (Å²) in [7, 11) is 0. The van der Waals surface area contributed by atoms with Crippen LogP contribution in [0.15, 0.2) is 0 Å². The van der Waals surface area contributed by atoms with Crippen LogP contribution >= 0.6 is 0 Å². The van der Waals surface area contributed by atoms with Crippen molar-refractivity contribution in [3.8, 4) is 0 Å². The third-order valence-corrected chi connectivity index (χ3v) is 6.32. The van der Waals surface area contributed by atoms with E-state index in [2.05, 4.69) is 5.32 Å². The van der Waals surface area contributed by atoms with Gasteiger partial charge in [0.2, 0.25) is 0 Å². The van der Waals surface area contributed by atoms with Crippen LogP contribution in [-0.4, -0.2) is 208 Å². The summed E-state index contributed by atoms with van der Waals surface area (Å²) in [5.41, 5.74) is 0. The lowest BCUT2D eigenvalue weighted by Crippen LogP contribution is -2.44. The van der Waals surface area contributed by atoms with Gasteiger partial charge in [0.1, 0.15) is 12.1 Å². The van der Waals surface area contributed by atoms with Crippen molar-refractivity contribution < 1.29 is 109 Å². The highest BCUT2D eigenvalue weighted by Crippen LogP contribution is 2.11. The van der Waals surface area contributed by atoms with E-state index in [1.807, 2.05) is 0 Å². The molecule has 0 aliphatic carbocycles. The van der Waals surface area contributed by atoms with Crippen molar-refractivity contribution >= 4 is 65.7 Å². The second kappa shape index (κ2) is 28.6. The molecule has 0 rings (SSSR count). The van der Waals surface area contributed by atoms with E-state index in [0.717, 1.165) is 14.7 Å². The highest BCUT2D eigenvalue weighted by molar-refractivity contribution is 5.81. The Morgan fingerprint density at radius 2 is 0.815 bits per heavy atom. The summed E-state index contributed by atoms with van der Waals surface area (Å²) in [5, 5.41) is 96.8. The molecule has 0 saturated heterocycles. The summed E-state index contributed by atoms with van der Waals surface area (Å²) in [4.78, 5) is 119. The molecule has 0 aromatic rings. The van der Waals surface area contributed by atoms with Crippen LogP contribution in [0.1, 0.15) is 32.6 Å². The number of rotatable bonds is 28. The second-order valence-corrected chi connectivity index (χ2v) is 10.9. The number of carboxylic acid groups (broad SMARTS) is 11. The lowest BCUT2D eigenvalue weighted by molar-refractivity contribution is -0.149. The van der Waals surface area contributed by atoms with Crippen LogP contribution < -0.4 is 5.32 Å². The number of hydrogen-bond acceptors (Lipinski definition) is 15. The predicted molar refractivity (Wildman–Crippen MR) is 172 cm³/mol. The molecule has 54 heavy (non-hydrogen) atoms. The van der Waals surface area contributed by atoms with Crippen molar-refractivity contribution in [1.82, 2.24) is 20.0 Å². The molecule has 0 saturated carbocycles. The largest absolute Gasteiger partial charge is 0.481 e. The van der Waals surface area contributed by atoms with Gasteiger partial charge in [0.05, 0.1) is 58.0 Å². The van der Waals surface area contributed by atoms with Crippen LogP contribution in [-0.2, 0) is 52.7 Å². The third kappa shape index (κ3) is 32.0. The number of carbonyl (C=O) groups is 11. The minimum Gasteiger partial charge on any atom is -0.481 e. The lowest BCUT2D eigenvalue weighted by atomic mass is 9.99. The summed E-state index contributed by atoms with van der Waals surface area (Å²) in [5.74, 6) is -14.8. The Morgan fingerprint density at radius 3 is 1.07 bits per heavy atom. The fourth-order valence-corrected chi connectivity index (χ4v) is 3.88. The van der Waals surface area contributed by atoms with Crippen molar-refractivity contribution in [1.29, 1.82) is 0 Å². The van der Waals surface area contributed by atoms with Gasteiger partial charge in [0.25, 0.3) is 0 Å². The Kier molecular flexibility index (Phi) is 27.7. The first-order valence-electron chi connectivity index (χ1n) is 15.1. The first kappa shape index (κ1) is 52.4. The van der Waals surface area contributed by atoms with E-state index < -0.39 is 136 Å². The average Bonchev–Trinajstić information content (AvgIpc) is 2.98. The molecule has 12 N–H and O–H groups in total. The number of nitrogens with zero attached hydrogens (tertiary/aromatic N) is 3. The molecule has 0 aliphatic rings. The molecule has 3 atom stereocenters. The molecule has 0 fully saturated rings. The predicted octanol–water partition coefficient (Wildman–Crippen LogP) is -3.68. The smallest absolute Gasteiger partial charge is 0.321 e. The maximum Gasteiger partial charge on any atom is 0.321 e. The van der Waals surface area contributed by atoms with Crippen LogP contribution in [0, 0.1) is 5.92 Å². The molecular weight excluding hydrogens is 744 g/mol. The zero-order valence-corrected chi connectivity index (χ0v) is 28.7. The summed E-state index contributed by atoms with van der Waals surface area (Å²) >= 11 is 0. The van der Waals surface area contributed by atoms with Crippen molar-refractivity contribution in [2.75, 3.05) is 58.9 Å². The zero-order valence-electron chi connectivity index (χ0n) is 28.7. The second-order valence-electron chi connectivity index (χ2n) is 10.9. The highest BCUT2D eigenvalue weighted by atomic mass is 16.4. The number of nitrogens with one attached hydrogen (secondary N) is 1. The van der Waals surface area contributed by atoms with Crippen molar-refractivity contribution in [2.24, 2.45) is 5.92 Å². The van der Waals surface area contributed by atoms with Crippen molar-refractivity contribution in [3.63, 3.8) is 0 Å². The average molecular weight is 789 g/mol. The molecule has 0 spiro atoms. The molecule has 26 heteroatoms. The SMILES string of the molecule is CC(C(=O)O)N(CC(=O)O)CC(=O)O.O=C(O)CC(CCCNC(CC(=O)O)C(=O)O)C(=O)O.O=C(O)CN(CCN(CC(=O)O)CC(=O)O)CC(=O)O. The van der Waals surface area contributed by atoms with Gasteiger partial charge >= 0.3 is 65.7 Å². The summed E-state index contributed by atoms with van der Waals surface area (Å²) in [6.45, 7) is -2.15. The van der Waals surface area contributed by atoms with Gasteiger partial charge in [-0.05, 0) is 26.3 Å². The van der Waals surface area contributed by atoms with Gasteiger partial charge in [-0.15, -0.1) is 0 Å². The maximum absolute atomic E-state index is 10.8. The quantitative estimate of drug-likeness (QED) is 0.0340. The molecule has 0 amide bonds. The molecule has 0 aromatic carbocycles. The van der Waals surface area contributed by atoms with Crippen LogP contribution in [0.2, 0.25) is 0 Å². The summed E-state index contributed by atoms with van der Waals surface area (Å²) in [6.07, 6.45) is -0.804. The number of hydrogen-bond donors (Lipinski definition) is 12. The van der Waals surface area contributed by atoms with E-state index >= 15 is 0 Å². The Balaban J connectivity index is -0.000000736. The van der Waals surface area contributed by atoms with Crippen LogP contribution in [0.5, 0.6) is 0 Å². The number of carboxylic acids is 11. The van der Waals surface area contributed by atoms with E-state index in [9.17, 15) is 52.7 Å². The van der Waals surface area contributed by atoms with Crippen LogP contribution in [0.3, 0.4) is 0 Å². The zero-order chi connectivity index (χ0) is 42.7. The van der Waals surface area contributed by atoms with E-state index in [-0.39, 0.29) is 32.5 Å². The van der Waals surface area contributed by atoms with Crippen molar-refractivity contribution in [3.05, 3.63) is 0 Å². The van der Waals surface area contributed by atoms with Gasteiger partial charge in [-0.2, -0.15) is 0 Å². The Hall–Kier alpha value is -5.99. The molecule has 0 radical (unpaired) electrons. The normalized spacial score (nSPS) is 12.1. The molecule has 26 nitrogen and oxygen atoms in total. The topological polar surface area (TPSA) is 432 Å².